The number of ketones is 1. The number of aryl methyl sites for hydroxylation is 2. The van der Waals surface area contributed by atoms with Crippen LogP contribution in [-0.2, 0) is 14.3 Å². The van der Waals surface area contributed by atoms with Crippen molar-refractivity contribution in [1.29, 1.82) is 0 Å². The number of rotatable bonds is 8. The van der Waals surface area contributed by atoms with Gasteiger partial charge in [-0.1, -0.05) is 17.7 Å². The zero-order chi connectivity index (χ0) is 24.8. The van der Waals surface area contributed by atoms with Crippen LogP contribution >= 0.6 is 0 Å². The Kier molecular flexibility index (Phi) is 7.63. The van der Waals surface area contributed by atoms with Crippen LogP contribution in [0.4, 0.5) is 0 Å². The molecule has 0 aliphatic carbocycles. The Bertz CT molecular complexity index is 1220. The molecule has 0 saturated carbocycles. The highest BCUT2D eigenvalue weighted by Crippen LogP contribution is 2.22. The first kappa shape index (κ1) is 24.4. The number of ether oxygens (including phenoxy) is 2. The summed E-state index contributed by atoms with van der Waals surface area (Å²) >= 11 is 0. The standard InChI is InChI=1S/C26H26N2O6/c1-16-5-7-19(8-6-16)25(31)27-14-24(30)34-15-23(29)22-13-17(2)28(18(22)3)21-11-9-20(10-12-21)26(32)33-4/h5-13H,14-15H2,1-4H3,(H,27,31). The molecule has 0 radical (unpaired) electrons. The van der Waals surface area contributed by atoms with Gasteiger partial charge in [0.05, 0.1) is 12.7 Å². The Morgan fingerprint density at radius 3 is 2.12 bits per heavy atom. The third-order valence-electron chi connectivity index (χ3n) is 5.35. The topological polar surface area (TPSA) is 104 Å². The maximum atomic E-state index is 12.7. The summed E-state index contributed by atoms with van der Waals surface area (Å²) < 4.78 is 11.7. The second-order valence-electron chi connectivity index (χ2n) is 7.79. The van der Waals surface area contributed by atoms with Crippen molar-refractivity contribution in [2.24, 2.45) is 0 Å². The van der Waals surface area contributed by atoms with E-state index < -0.39 is 24.5 Å². The van der Waals surface area contributed by atoms with Gasteiger partial charge in [-0.3, -0.25) is 14.4 Å². The summed E-state index contributed by atoms with van der Waals surface area (Å²) in [5.74, 6) is -1.89. The van der Waals surface area contributed by atoms with Crippen molar-refractivity contribution >= 4 is 23.6 Å². The molecule has 1 aromatic heterocycles. The minimum absolute atomic E-state index is 0.342. The fourth-order valence-corrected chi connectivity index (χ4v) is 3.54. The molecule has 0 unspecified atom stereocenters. The number of nitrogens with zero attached hydrogens (tertiary/aromatic N) is 1. The monoisotopic (exact) mass is 462 g/mol. The van der Waals surface area contributed by atoms with E-state index in [0.29, 0.717) is 22.4 Å². The van der Waals surface area contributed by atoms with Gasteiger partial charge in [-0.15, -0.1) is 0 Å². The normalized spacial score (nSPS) is 10.5. The van der Waals surface area contributed by atoms with Gasteiger partial charge in [-0.25, -0.2) is 4.79 Å². The molecule has 0 aliphatic rings. The van der Waals surface area contributed by atoms with Crippen LogP contribution in [0.15, 0.2) is 54.6 Å². The van der Waals surface area contributed by atoms with Crippen LogP contribution in [0.1, 0.15) is 48.0 Å². The average molecular weight is 463 g/mol. The van der Waals surface area contributed by atoms with Gasteiger partial charge >= 0.3 is 11.9 Å². The van der Waals surface area contributed by atoms with Crippen LogP contribution in [0.25, 0.3) is 5.69 Å². The highest BCUT2D eigenvalue weighted by atomic mass is 16.5. The van der Waals surface area contributed by atoms with Gasteiger partial charge in [0.25, 0.3) is 5.91 Å². The van der Waals surface area contributed by atoms with Crippen LogP contribution in [-0.4, -0.2) is 48.5 Å². The average Bonchev–Trinajstić information content (AvgIpc) is 3.14. The molecule has 1 N–H and O–H groups in total. The number of nitrogens with one attached hydrogen (secondary N) is 1. The number of hydrogen-bond acceptors (Lipinski definition) is 6. The minimum Gasteiger partial charge on any atom is -0.465 e. The molecule has 0 saturated heterocycles. The minimum atomic E-state index is -0.707. The van der Waals surface area contributed by atoms with Crippen molar-refractivity contribution in [1.82, 2.24) is 9.88 Å². The van der Waals surface area contributed by atoms with Crippen molar-refractivity contribution in [2.45, 2.75) is 20.8 Å². The van der Waals surface area contributed by atoms with E-state index in [-0.39, 0.29) is 12.3 Å². The quantitative estimate of drug-likeness (QED) is 0.407. The van der Waals surface area contributed by atoms with Gasteiger partial charge in [0, 0.05) is 28.2 Å². The molecule has 2 aromatic carbocycles. The van der Waals surface area contributed by atoms with Gasteiger partial charge in [-0.2, -0.15) is 0 Å². The predicted molar refractivity (Wildman–Crippen MR) is 125 cm³/mol. The molecule has 0 aliphatic heterocycles. The molecule has 0 spiro atoms. The lowest BCUT2D eigenvalue weighted by Crippen LogP contribution is -2.31. The number of carbonyl (C=O) groups is 4. The highest BCUT2D eigenvalue weighted by molar-refractivity contribution is 6.00. The van der Waals surface area contributed by atoms with Crippen molar-refractivity contribution < 1.29 is 28.7 Å². The van der Waals surface area contributed by atoms with E-state index in [1.165, 1.54) is 7.11 Å². The molecule has 3 aromatic rings. The number of esters is 2. The number of amides is 1. The summed E-state index contributed by atoms with van der Waals surface area (Å²) in [4.78, 5) is 48.5. The summed E-state index contributed by atoms with van der Waals surface area (Å²) in [6, 6.07) is 15.5. The van der Waals surface area contributed by atoms with E-state index in [9.17, 15) is 19.2 Å². The largest absolute Gasteiger partial charge is 0.465 e. The van der Waals surface area contributed by atoms with Crippen LogP contribution in [0.5, 0.6) is 0 Å². The Morgan fingerprint density at radius 1 is 0.882 bits per heavy atom. The summed E-state index contributed by atoms with van der Waals surface area (Å²) in [5, 5.41) is 2.48. The summed E-state index contributed by atoms with van der Waals surface area (Å²) in [5.41, 5.74) is 4.56. The number of benzene rings is 2. The Morgan fingerprint density at radius 2 is 1.50 bits per heavy atom. The number of methoxy groups -OCH3 is 1. The van der Waals surface area contributed by atoms with E-state index >= 15 is 0 Å². The fraction of sp³-hybridized carbons (Fsp3) is 0.231. The number of aromatic nitrogens is 1. The van der Waals surface area contributed by atoms with Gasteiger partial charge in [0.1, 0.15) is 6.54 Å². The summed E-state index contributed by atoms with van der Waals surface area (Å²) in [6.07, 6.45) is 0. The molecule has 8 nitrogen and oxygen atoms in total. The van der Waals surface area contributed by atoms with Crippen molar-refractivity contribution in [2.75, 3.05) is 20.3 Å². The molecule has 176 valence electrons. The smallest absolute Gasteiger partial charge is 0.337 e. The molecule has 34 heavy (non-hydrogen) atoms. The molecule has 0 atom stereocenters. The van der Waals surface area contributed by atoms with Crippen molar-refractivity contribution in [3.05, 3.63) is 88.2 Å². The number of Topliss-reactive ketones (excluding diaryl/α,β-unsaturated/α-hetero) is 1. The Labute approximate surface area is 197 Å². The van der Waals surface area contributed by atoms with Crippen molar-refractivity contribution in [3.8, 4) is 5.69 Å². The summed E-state index contributed by atoms with van der Waals surface area (Å²) in [7, 11) is 1.32. The van der Waals surface area contributed by atoms with E-state index in [0.717, 1.165) is 16.9 Å². The first-order chi connectivity index (χ1) is 16.2. The lowest BCUT2D eigenvalue weighted by atomic mass is 10.1. The lowest BCUT2D eigenvalue weighted by Gasteiger charge is -2.11. The van der Waals surface area contributed by atoms with Crippen LogP contribution in [0, 0.1) is 20.8 Å². The third kappa shape index (κ3) is 5.58. The molecule has 8 heteroatoms. The molecule has 3 rings (SSSR count). The molecule has 0 bridgehead atoms. The van der Waals surface area contributed by atoms with Crippen LogP contribution in [0.3, 0.4) is 0 Å². The maximum Gasteiger partial charge on any atom is 0.337 e. The van der Waals surface area contributed by atoms with Crippen molar-refractivity contribution in [3.63, 3.8) is 0 Å². The SMILES string of the molecule is COC(=O)c1ccc(-n2c(C)cc(C(=O)COC(=O)CNC(=O)c3ccc(C)cc3)c2C)cc1. The molecule has 1 heterocycles. The second kappa shape index (κ2) is 10.6. The lowest BCUT2D eigenvalue weighted by molar-refractivity contribution is -0.141. The van der Waals surface area contributed by atoms with Gasteiger partial charge in [0.15, 0.2) is 6.61 Å². The Hall–Kier alpha value is -4.20. The third-order valence-corrected chi connectivity index (χ3v) is 5.35. The second-order valence-corrected chi connectivity index (χ2v) is 7.79. The fourth-order valence-electron chi connectivity index (χ4n) is 3.54. The summed E-state index contributed by atoms with van der Waals surface area (Å²) in [6.45, 7) is 4.77. The van der Waals surface area contributed by atoms with E-state index in [4.69, 9.17) is 9.47 Å². The Balaban J connectivity index is 1.60. The number of carbonyl (C=O) groups excluding carboxylic acids is 4. The first-order valence-electron chi connectivity index (χ1n) is 10.6. The zero-order valence-corrected chi connectivity index (χ0v) is 19.5. The number of hydrogen-bond donors (Lipinski definition) is 1. The molecular formula is C26H26N2O6. The predicted octanol–water partition coefficient (Wildman–Crippen LogP) is 3.35. The maximum absolute atomic E-state index is 12.7. The molecule has 0 fully saturated rings. The van der Waals surface area contributed by atoms with Gasteiger partial charge < -0.3 is 19.4 Å². The highest BCUT2D eigenvalue weighted by Gasteiger charge is 2.19. The van der Waals surface area contributed by atoms with Gasteiger partial charge in [0.2, 0.25) is 5.78 Å². The first-order valence-corrected chi connectivity index (χ1v) is 10.6. The molecule has 1 amide bonds. The van der Waals surface area contributed by atoms with E-state index in [2.05, 4.69) is 5.32 Å². The zero-order valence-electron chi connectivity index (χ0n) is 19.5. The van der Waals surface area contributed by atoms with Gasteiger partial charge in [-0.05, 0) is 63.2 Å². The van der Waals surface area contributed by atoms with E-state index in [1.807, 2.05) is 18.4 Å². The van der Waals surface area contributed by atoms with Crippen LogP contribution in [0.2, 0.25) is 0 Å². The molecular weight excluding hydrogens is 436 g/mol. The van der Waals surface area contributed by atoms with E-state index in [1.54, 1.807) is 61.5 Å². The van der Waals surface area contributed by atoms with Crippen LogP contribution < -0.4 is 5.32 Å².